The number of rotatable bonds is 10. The fourth-order valence-electron chi connectivity index (χ4n) is 23.2. The molecule has 7 heteroatoms. The van der Waals surface area contributed by atoms with Crippen LogP contribution in [0.5, 0.6) is 0 Å². The van der Waals surface area contributed by atoms with Crippen molar-refractivity contribution in [3.05, 3.63) is 503 Å². The molecule has 25 aromatic carbocycles. The fraction of sp³-hybridized carbons (Fsp3) is 0.0222. The van der Waals surface area contributed by atoms with E-state index in [0.29, 0.717) is 0 Å². The number of furan rings is 2. The molecule has 0 spiro atoms. The van der Waals surface area contributed by atoms with Gasteiger partial charge in [-0.05, 0) is 276 Å². The number of benzene rings is 25. The van der Waals surface area contributed by atoms with Crippen molar-refractivity contribution < 1.29 is 8.83 Å². The summed E-state index contributed by atoms with van der Waals surface area (Å²) in [6.07, 6.45) is 0. The van der Waals surface area contributed by atoms with Crippen molar-refractivity contribution in [3.63, 3.8) is 0 Å². The van der Waals surface area contributed by atoms with Crippen molar-refractivity contribution in [2.75, 3.05) is 9.80 Å². The molecule has 30 rings (SSSR count). The van der Waals surface area contributed by atoms with Crippen LogP contribution in [0.4, 0.5) is 34.1 Å². The molecule has 0 saturated carbocycles. The average molecular weight is 1810 g/mol. The summed E-state index contributed by atoms with van der Waals surface area (Å²) >= 11 is 0. The van der Waals surface area contributed by atoms with Gasteiger partial charge in [0.15, 0.2) is 5.82 Å². The Bertz CT molecular complexity index is 10200. The molecule has 0 atom stereocenters. The van der Waals surface area contributed by atoms with E-state index in [1.807, 2.05) is 18.2 Å². The number of fused-ring (bicyclic) bond motifs is 32. The lowest BCUT2D eigenvalue weighted by molar-refractivity contribution is 0.661. The lowest BCUT2D eigenvalue weighted by Gasteiger charge is -2.27. The highest BCUT2D eigenvalue weighted by molar-refractivity contribution is 6.35. The van der Waals surface area contributed by atoms with Crippen LogP contribution in [0.15, 0.2) is 500 Å². The molecule has 142 heavy (non-hydrogen) atoms. The van der Waals surface area contributed by atoms with Crippen LogP contribution in [0.2, 0.25) is 0 Å². The van der Waals surface area contributed by atoms with Gasteiger partial charge in [-0.15, -0.1) is 0 Å². The van der Waals surface area contributed by atoms with E-state index in [-0.39, 0.29) is 5.41 Å². The van der Waals surface area contributed by atoms with E-state index in [1.165, 1.54) is 168 Å². The maximum absolute atomic E-state index is 6.60. The number of anilines is 6. The van der Waals surface area contributed by atoms with Gasteiger partial charge in [0.1, 0.15) is 22.3 Å². The minimum atomic E-state index is -0.0454. The smallest absolute Gasteiger partial charge is 0.160 e. The first-order chi connectivity index (χ1) is 70.2. The predicted octanol–water partition coefficient (Wildman–Crippen LogP) is 37.7. The van der Waals surface area contributed by atoms with Gasteiger partial charge in [0.05, 0.1) is 27.9 Å². The first-order valence-corrected chi connectivity index (χ1v) is 48.8. The van der Waals surface area contributed by atoms with Crippen LogP contribution in [-0.2, 0) is 5.41 Å². The molecular weight excluding hydrogens is 1720 g/mol. The number of hydrogen-bond acceptors (Lipinski definition) is 6. The van der Waals surface area contributed by atoms with Crippen LogP contribution >= 0.6 is 0 Å². The summed E-state index contributed by atoms with van der Waals surface area (Å²) in [5.41, 5.74) is 25.8. The Balaban J connectivity index is 0.000000104. The lowest BCUT2D eigenvalue weighted by atomic mass is 9.81. The molecule has 664 valence electrons. The van der Waals surface area contributed by atoms with E-state index in [2.05, 4.69) is 501 Å². The van der Waals surface area contributed by atoms with Gasteiger partial charge in [-0.3, -0.25) is 0 Å². The fourth-order valence-corrected chi connectivity index (χ4v) is 23.2. The summed E-state index contributed by atoms with van der Waals surface area (Å²) in [6.45, 7) is 4.71. The summed E-state index contributed by atoms with van der Waals surface area (Å²) in [6, 6.07) is 177. The molecule has 0 unspecified atom stereocenters. The van der Waals surface area contributed by atoms with Gasteiger partial charge in [-0.1, -0.05) is 360 Å². The third-order valence-corrected chi connectivity index (χ3v) is 29.7. The van der Waals surface area contributed by atoms with Gasteiger partial charge in [0.25, 0.3) is 0 Å². The average Bonchev–Trinajstić information content (AvgIpc) is 1.48. The second-order valence-corrected chi connectivity index (χ2v) is 38.1. The van der Waals surface area contributed by atoms with Crippen molar-refractivity contribution in [1.82, 2.24) is 14.5 Å². The number of nitrogens with zero attached hydrogens (tertiary/aromatic N) is 5. The molecule has 0 bridgehead atoms. The normalized spacial score (nSPS) is 12.4. The van der Waals surface area contributed by atoms with Gasteiger partial charge in [-0.2, -0.15) is 0 Å². The Morgan fingerprint density at radius 1 is 0.232 bits per heavy atom. The first kappa shape index (κ1) is 81.8. The van der Waals surface area contributed by atoms with Crippen molar-refractivity contribution in [3.8, 4) is 50.6 Å². The maximum Gasteiger partial charge on any atom is 0.160 e. The van der Waals surface area contributed by atoms with Gasteiger partial charge >= 0.3 is 0 Å². The zero-order valence-corrected chi connectivity index (χ0v) is 77.8. The zero-order valence-electron chi connectivity index (χ0n) is 77.8. The Hall–Kier alpha value is -18.6. The Kier molecular flexibility index (Phi) is 18.9. The molecule has 4 aromatic heterocycles. The van der Waals surface area contributed by atoms with Gasteiger partial charge in [0, 0.05) is 99.1 Å². The molecule has 0 amide bonds. The topological polar surface area (TPSA) is 63.5 Å². The third kappa shape index (κ3) is 13.3. The monoisotopic (exact) mass is 1810 g/mol. The summed E-state index contributed by atoms with van der Waals surface area (Å²) < 4.78 is 15.2. The number of hydrogen-bond donors (Lipinski definition) is 0. The summed E-state index contributed by atoms with van der Waals surface area (Å²) in [4.78, 5) is 15.1. The lowest BCUT2D eigenvalue weighted by Crippen LogP contribution is -2.14. The van der Waals surface area contributed by atoms with E-state index in [9.17, 15) is 0 Å². The van der Waals surface area contributed by atoms with Crippen LogP contribution in [0.1, 0.15) is 25.0 Å². The van der Waals surface area contributed by atoms with Gasteiger partial charge in [-0.25, -0.2) is 9.97 Å². The standard InChI is InChI=1S/C48H30N2O.C45H30N2.C42H27NO/c1-3-14-32(15-4-1)49(43-24-13-22-39-36-18-9-11-23-42(36)50(47(39)43)33-16-5-2-6-17-33)34-27-29-35-31(30-34)26-28-41-45(35)37-19-7-8-20-38(37)46-40-21-10-12-25-44(40)51-48(41)46;1-45(2)39-13-7-5-11-35(39)38-25-31-19-17-28-16-18-30-24-33(21-22-34(30)42(28)37(31)26-40(38)45)44-46-41-14-8-6-12-36(41)43(47-44)32-20-15-27-9-3-4-10-29(27)23-32;1-3-9-28(10-4-1)29-17-20-33(21-18-29)43(32-11-5-2-6-12-32)34-22-24-35-31(27-34)16-15-30-19-23-37-36(41(30)35)25-26-40-42(37)38-13-7-8-14-39(38)44-40/h1-30H;3-26H,1-2H3;1-27H. The highest BCUT2D eigenvalue weighted by atomic mass is 16.3. The molecule has 4 heterocycles. The summed E-state index contributed by atoms with van der Waals surface area (Å²) in [7, 11) is 0. The molecule has 1 aliphatic carbocycles. The molecule has 0 saturated heterocycles. The number of aromatic nitrogens is 3. The summed E-state index contributed by atoms with van der Waals surface area (Å²) in [5, 5.41) is 32.8. The minimum Gasteiger partial charge on any atom is -0.456 e. The van der Waals surface area contributed by atoms with Gasteiger partial charge < -0.3 is 23.2 Å². The maximum atomic E-state index is 6.60. The van der Waals surface area contributed by atoms with E-state index in [1.54, 1.807) is 0 Å². The highest BCUT2D eigenvalue weighted by Crippen LogP contribution is 2.54. The zero-order chi connectivity index (χ0) is 93.8. The van der Waals surface area contributed by atoms with Crippen LogP contribution < -0.4 is 9.80 Å². The molecule has 0 fully saturated rings. The quantitative estimate of drug-likeness (QED) is 0.127. The van der Waals surface area contributed by atoms with E-state index >= 15 is 0 Å². The Morgan fingerprint density at radius 3 is 1.44 bits per heavy atom. The molecule has 0 N–H and O–H groups in total. The second-order valence-electron chi connectivity index (χ2n) is 38.1. The molecule has 7 nitrogen and oxygen atoms in total. The highest BCUT2D eigenvalue weighted by Gasteiger charge is 2.36. The van der Waals surface area contributed by atoms with Crippen molar-refractivity contribution in [2.45, 2.75) is 19.3 Å². The largest absolute Gasteiger partial charge is 0.456 e. The van der Waals surface area contributed by atoms with Gasteiger partial charge in [0.2, 0.25) is 0 Å². The minimum absolute atomic E-state index is 0.0454. The second kappa shape index (κ2) is 32.9. The molecule has 29 aromatic rings. The Morgan fingerprint density at radius 2 is 0.697 bits per heavy atom. The first-order valence-electron chi connectivity index (χ1n) is 48.8. The van der Waals surface area contributed by atoms with Crippen LogP contribution in [0, 0.1) is 0 Å². The molecule has 0 aliphatic heterocycles. The SMILES string of the molecule is CC1(C)c2ccccc2-c2cc3ccc4ccc5cc(-c6nc(-c7ccc8ccccc8c7)c7ccccc7n6)ccc5c4c3cc21.c1ccc(-c2ccc(N(c3ccccc3)c3ccc4c(ccc5ccc6c(ccc7oc8ccccc8c76)c54)c3)cc2)cc1.c1ccc(N(c2ccc3c(ccc4c5oc6ccccc6c5c5ccccc5c34)c2)c2cccc3c4ccccc4n(-c4ccccc4)c23)cc1. The van der Waals surface area contributed by atoms with Crippen LogP contribution in [-0.4, -0.2) is 14.5 Å². The Labute approximate surface area is 818 Å². The predicted molar refractivity (Wildman–Crippen MR) is 600 cm³/mol. The molecule has 0 radical (unpaired) electrons. The molecule has 1 aliphatic rings. The van der Waals surface area contributed by atoms with Crippen molar-refractivity contribution >= 4 is 218 Å². The third-order valence-electron chi connectivity index (χ3n) is 29.7. The summed E-state index contributed by atoms with van der Waals surface area (Å²) in [5.74, 6) is 0.740. The van der Waals surface area contributed by atoms with E-state index in [0.717, 1.165) is 112 Å². The number of para-hydroxylation sites is 8. The van der Waals surface area contributed by atoms with Crippen molar-refractivity contribution in [2.24, 2.45) is 0 Å². The van der Waals surface area contributed by atoms with E-state index in [4.69, 9.17) is 18.8 Å². The molecular formula is C135H87N5O2. The van der Waals surface area contributed by atoms with Crippen LogP contribution in [0.3, 0.4) is 0 Å². The van der Waals surface area contributed by atoms with Crippen molar-refractivity contribution in [1.29, 1.82) is 0 Å². The van der Waals surface area contributed by atoms with Crippen LogP contribution in [0.25, 0.3) is 235 Å². The van der Waals surface area contributed by atoms with E-state index < -0.39 is 0 Å².